The van der Waals surface area contributed by atoms with E-state index in [1.54, 1.807) is 4.90 Å². The van der Waals surface area contributed by atoms with Crippen LogP contribution in [0.15, 0.2) is 48.5 Å². The molecule has 26 heavy (non-hydrogen) atoms. The SMILES string of the molecule is CCCOC(=O)C1c2ccccc2-c2ccccc2CN1C(=N)OCC. The molecule has 0 fully saturated rings. The molecule has 0 spiro atoms. The number of fused-ring (bicyclic) bond motifs is 3. The molecule has 0 aliphatic carbocycles. The second-order valence-electron chi connectivity index (χ2n) is 6.18. The van der Waals surface area contributed by atoms with Crippen molar-refractivity contribution in [3.8, 4) is 11.1 Å². The van der Waals surface area contributed by atoms with Crippen molar-refractivity contribution in [2.75, 3.05) is 13.2 Å². The molecule has 0 radical (unpaired) electrons. The standard InChI is InChI=1S/C21H24N2O3/c1-3-13-26-20(24)19-18-12-8-7-11-17(18)16-10-6-5-9-15(16)14-23(19)21(22)25-4-2/h5-12,19,22H,3-4,13-14H2,1-2H3. The molecule has 1 atom stereocenters. The van der Waals surface area contributed by atoms with Crippen molar-refractivity contribution in [2.24, 2.45) is 0 Å². The van der Waals surface area contributed by atoms with Crippen LogP contribution in [0.4, 0.5) is 0 Å². The lowest BCUT2D eigenvalue weighted by Gasteiger charge is -2.30. The van der Waals surface area contributed by atoms with Crippen LogP contribution < -0.4 is 0 Å². The van der Waals surface area contributed by atoms with Gasteiger partial charge in [-0.1, -0.05) is 55.5 Å². The summed E-state index contributed by atoms with van der Waals surface area (Å²) in [5.74, 6) is -0.350. The highest BCUT2D eigenvalue weighted by Gasteiger charge is 2.36. The van der Waals surface area contributed by atoms with Crippen LogP contribution in [0.25, 0.3) is 11.1 Å². The van der Waals surface area contributed by atoms with Gasteiger partial charge in [-0.3, -0.25) is 5.41 Å². The first-order valence-corrected chi connectivity index (χ1v) is 8.99. The van der Waals surface area contributed by atoms with Gasteiger partial charge in [-0.2, -0.15) is 0 Å². The minimum absolute atomic E-state index is 0.0162. The van der Waals surface area contributed by atoms with Crippen molar-refractivity contribution in [2.45, 2.75) is 32.9 Å². The summed E-state index contributed by atoms with van der Waals surface area (Å²) in [4.78, 5) is 14.6. The largest absolute Gasteiger partial charge is 0.466 e. The third-order valence-electron chi connectivity index (χ3n) is 4.43. The lowest BCUT2D eigenvalue weighted by atomic mass is 9.94. The molecule has 1 heterocycles. The van der Waals surface area contributed by atoms with Crippen LogP contribution in [0, 0.1) is 5.41 Å². The number of hydrogen-bond acceptors (Lipinski definition) is 4. The number of ether oxygens (including phenoxy) is 2. The molecule has 1 aliphatic rings. The molecule has 0 aromatic heterocycles. The summed E-state index contributed by atoms with van der Waals surface area (Å²) in [6, 6.07) is 15.1. The molecular formula is C21H24N2O3. The summed E-state index contributed by atoms with van der Waals surface area (Å²) >= 11 is 0. The fraction of sp³-hybridized carbons (Fsp3) is 0.333. The topological polar surface area (TPSA) is 62.6 Å². The Hall–Kier alpha value is -2.82. The smallest absolute Gasteiger partial charge is 0.333 e. The van der Waals surface area contributed by atoms with Crippen LogP contribution in [-0.2, 0) is 20.8 Å². The van der Waals surface area contributed by atoms with Crippen LogP contribution in [0.5, 0.6) is 0 Å². The van der Waals surface area contributed by atoms with Gasteiger partial charge in [0.2, 0.25) is 0 Å². The molecule has 0 saturated heterocycles. The van der Waals surface area contributed by atoms with E-state index in [0.717, 1.165) is 28.7 Å². The average Bonchev–Trinajstić information content (AvgIpc) is 2.81. The molecule has 3 rings (SSSR count). The second-order valence-corrected chi connectivity index (χ2v) is 6.18. The van der Waals surface area contributed by atoms with E-state index in [1.807, 2.05) is 56.3 Å². The first kappa shape index (κ1) is 18.0. The molecule has 1 N–H and O–H groups in total. The minimum Gasteiger partial charge on any atom is -0.466 e. The van der Waals surface area contributed by atoms with E-state index in [2.05, 4.69) is 6.07 Å². The molecular weight excluding hydrogens is 328 g/mol. The van der Waals surface area contributed by atoms with Crippen molar-refractivity contribution in [1.29, 1.82) is 5.41 Å². The monoisotopic (exact) mass is 352 g/mol. The number of hydrogen-bond donors (Lipinski definition) is 1. The number of benzene rings is 2. The maximum atomic E-state index is 12.9. The Labute approximate surface area is 154 Å². The van der Waals surface area contributed by atoms with Gasteiger partial charge >= 0.3 is 5.97 Å². The van der Waals surface area contributed by atoms with Gasteiger partial charge in [0.05, 0.1) is 13.2 Å². The van der Waals surface area contributed by atoms with Gasteiger partial charge < -0.3 is 14.4 Å². The normalized spacial score (nSPS) is 15.5. The Morgan fingerprint density at radius 1 is 1.08 bits per heavy atom. The Bertz CT molecular complexity index is 803. The van der Waals surface area contributed by atoms with E-state index >= 15 is 0 Å². The Morgan fingerprint density at radius 3 is 2.50 bits per heavy atom. The fourth-order valence-corrected chi connectivity index (χ4v) is 3.29. The summed E-state index contributed by atoms with van der Waals surface area (Å²) in [5, 5.41) is 8.36. The van der Waals surface area contributed by atoms with E-state index in [4.69, 9.17) is 14.9 Å². The first-order chi connectivity index (χ1) is 12.7. The highest BCUT2D eigenvalue weighted by Crippen LogP contribution is 2.39. The van der Waals surface area contributed by atoms with Gasteiger partial charge in [-0.05, 0) is 35.6 Å². The molecule has 5 heteroatoms. The molecule has 0 bridgehead atoms. The highest BCUT2D eigenvalue weighted by atomic mass is 16.5. The highest BCUT2D eigenvalue weighted by molar-refractivity contribution is 5.88. The summed E-state index contributed by atoms with van der Waals surface area (Å²) in [6.45, 7) is 4.94. The molecule has 1 unspecified atom stereocenters. The maximum absolute atomic E-state index is 12.9. The first-order valence-electron chi connectivity index (χ1n) is 8.99. The number of carbonyl (C=O) groups excluding carboxylic acids is 1. The predicted molar refractivity (Wildman–Crippen MR) is 101 cm³/mol. The lowest BCUT2D eigenvalue weighted by Crippen LogP contribution is -2.39. The van der Waals surface area contributed by atoms with Gasteiger partial charge in [0.25, 0.3) is 6.02 Å². The molecule has 5 nitrogen and oxygen atoms in total. The maximum Gasteiger partial charge on any atom is 0.333 e. The number of rotatable bonds is 4. The number of esters is 1. The average molecular weight is 352 g/mol. The second kappa shape index (κ2) is 8.04. The third kappa shape index (κ3) is 3.43. The zero-order valence-electron chi connectivity index (χ0n) is 15.2. The molecule has 2 aromatic rings. The van der Waals surface area contributed by atoms with Crippen LogP contribution in [-0.4, -0.2) is 30.1 Å². The number of nitrogens with zero attached hydrogens (tertiary/aromatic N) is 1. The summed E-state index contributed by atoms with van der Waals surface area (Å²) in [5.41, 5.74) is 3.95. The third-order valence-corrected chi connectivity index (χ3v) is 4.43. The van der Waals surface area contributed by atoms with Crippen molar-refractivity contribution >= 4 is 12.0 Å². The van der Waals surface area contributed by atoms with Crippen LogP contribution >= 0.6 is 0 Å². The minimum atomic E-state index is -0.704. The number of amidine groups is 1. The van der Waals surface area contributed by atoms with Gasteiger partial charge in [0.1, 0.15) is 0 Å². The zero-order valence-corrected chi connectivity index (χ0v) is 15.2. The van der Waals surface area contributed by atoms with E-state index < -0.39 is 6.04 Å². The van der Waals surface area contributed by atoms with Gasteiger partial charge in [0.15, 0.2) is 6.04 Å². The number of carbonyl (C=O) groups is 1. The van der Waals surface area contributed by atoms with Gasteiger partial charge in [-0.15, -0.1) is 0 Å². The van der Waals surface area contributed by atoms with E-state index in [9.17, 15) is 4.79 Å². The lowest BCUT2D eigenvalue weighted by molar-refractivity contribution is -0.149. The predicted octanol–water partition coefficient (Wildman–Crippen LogP) is 4.13. The van der Waals surface area contributed by atoms with Crippen LogP contribution in [0.1, 0.15) is 37.4 Å². The summed E-state index contributed by atoms with van der Waals surface area (Å²) < 4.78 is 10.9. The Balaban J connectivity index is 2.14. The summed E-state index contributed by atoms with van der Waals surface area (Å²) in [7, 11) is 0. The fourth-order valence-electron chi connectivity index (χ4n) is 3.29. The molecule has 136 valence electrons. The molecule has 1 aliphatic heterocycles. The molecule has 0 saturated carbocycles. The van der Waals surface area contributed by atoms with E-state index in [-0.39, 0.29) is 12.0 Å². The van der Waals surface area contributed by atoms with Crippen molar-refractivity contribution in [1.82, 2.24) is 4.90 Å². The van der Waals surface area contributed by atoms with Gasteiger partial charge in [0, 0.05) is 6.54 Å². The Kier molecular flexibility index (Phi) is 5.56. The van der Waals surface area contributed by atoms with Crippen molar-refractivity contribution in [3.05, 3.63) is 59.7 Å². The van der Waals surface area contributed by atoms with Gasteiger partial charge in [-0.25, -0.2) is 4.79 Å². The quantitative estimate of drug-likeness (QED) is 0.510. The van der Waals surface area contributed by atoms with Crippen molar-refractivity contribution in [3.63, 3.8) is 0 Å². The Morgan fingerprint density at radius 2 is 1.77 bits per heavy atom. The van der Waals surface area contributed by atoms with E-state index in [1.165, 1.54) is 0 Å². The molecule has 0 amide bonds. The van der Waals surface area contributed by atoms with Crippen LogP contribution in [0.2, 0.25) is 0 Å². The summed E-state index contributed by atoms with van der Waals surface area (Å²) in [6.07, 6.45) is 0.753. The zero-order chi connectivity index (χ0) is 18.5. The van der Waals surface area contributed by atoms with Crippen molar-refractivity contribution < 1.29 is 14.3 Å². The molecule has 2 aromatic carbocycles. The number of nitrogens with one attached hydrogen (secondary N) is 1. The van der Waals surface area contributed by atoms with Crippen LogP contribution in [0.3, 0.4) is 0 Å². The van der Waals surface area contributed by atoms with E-state index in [0.29, 0.717) is 19.8 Å².